The van der Waals surface area contributed by atoms with E-state index in [1.807, 2.05) is 20.8 Å². The number of rotatable bonds is 4. The number of piperazine rings is 1. The van der Waals surface area contributed by atoms with Gasteiger partial charge in [-0.3, -0.25) is 24.6 Å². The van der Waals surface area contributed by atoms with Crippen LogP contribution in [-0.4, -0.2) is 47.8 Å². The number of nitrogens with zero attached hydrogens (tertiary/aromatic N) is 1. The maximum absolute atomic E-state index is 11.8. The van der Waals surface area contributed by atoms with Gasteiger partial charge in [0.05, 0.1) is 12.6 Å². The Morgan fingerprint density at radius 1 is 1.44 bits per heavy atom. The van der Waals surface area contributed by atoms with Crippen molar-refractivity contribution in [2.24, 2.45) is 5.92 Å². The lowest BCUT2D eigenvalue weighted by Gasteiger charge is -2.29. The van der Waals surface area contributed by atoms with E-state index in [0.29, 0.717) is 5.92 Å². The van der Waals surface area contributed by atoms with Crippen molar-refractivity contribution in [1.29, 1.82) is 0 Å². The smallest absolute Gasteiger partial charge is 0.246 e. The molecule has 1 rings (SSSR count). The van der Waals surface area contributed by atoms with Gasteiger partial charge < -0.3 is 5.32 Å². The van der Waals surface area contributed by atoms with E-state index < -0.39 is 6.04 Å². The molecule has 0 bridgehead atoms. The Hall–Kier alpha value is -1.43. The van der Waals surface area contributed by atoms with Crippen molar-refractivity contribution >= 4 is 17.7 Å². The zero-order chi connectivity index (χ0) is 13.9. The van der Waals surface area contributed by atoms with Gasteiger partial charge in [-0.2, -0.15) is 0 Å². The highest BCUT2D eigenvalue weighted by molar-refractivity contribution is 6.03. The van der Waals surface area contributed by atoms with Crippen LogP contribution in [0, 0.1) is 5.92 Å². The second kappa shape index (κ2) is 5.95. The Morgan fingerprint density at radius 3 is 2.61 bits per heavy atom. The first-order valence-corrected chi connectivity index (χ1v) is 6.20. The van der Waals surface area contributed by atoms with Crippen molar-refractivity contribution in [1.82, 2.24) is 15.5 Å². The third-order valence-corrected chi connectivity index (χ3v) is 3.19. The van der Waals surface area contributed by atoms with Crippen LogP contribution in [0.3, 0.4) is 0 Å². The SMILES string of the molecule is CC1NCC(=O)N(CC(=O)NC(C)C(C)C)C1=O. The van der Waals surface area contributed by atoms with Crippen LogP contribution in [-0.2, 0) is 14.4 Å². The fourth-order valence-electron chi connectivity index (χ4n) is 1.56. The van der Waals surface area contributed by atoms with Crippen LogP contribution in [0.1, 0.15) is 27.7 Å². The Labute approximate surface area is 107 Å². The van der Waals surface area contributed by atoms with Crippen molar-refractivity contribution in [3.63, 3.8) is 0 Å². The van der Waals surface area contributed by atoms with E-state index >= 15 is 0 Å². The molecule has 102 valence electrons. The molecule has 6 heteroatoms. The average Bonchev–Trinajstić information content (AvgIpc) is 2.29. The summed E-state index contributed by atoms with van der Waals surface area (Å²) in [5.74, 6) is -0.696. The first-order chi connectivity index (χ1) is 8.32. The normalized spacial score (nSPS) is 22.3. The van der Waals surface area contributed by atoms with Gasteiger partial charge in [0.25, 0.3) is 0 Å². The van der Waals surface area contributed by atoms with E-state index in [2.05, 4.69) is 10.6 Å². The minimum atomic E-state index is -0.418. The van der Waals surface area contributed by atoms with Gasteiger partial charge in [0.15, 0.2) is 0 Å². The van der Waals surface area contributed by atoms with Crippen LogP contribution >= 0.6 is 0 Å². The van der Waals surface area contributed by atoms with E-state index in [1.54, 1.807) is 6.92 Å². The number of nitrogens with one attached hydrogen (secondary N) is 2. The number of imide groups is 1. The fraction of sp³-hybridized carbons (Fsp3) is 0.750. The maximum atomic E-state index is 11.8. The summed E-state index contributed by atoms with van der Waals surface area (Å²) in [5, 5.41) is 5.55. The Bertz CT molecular complexity index is 354. The highest BCUT2D eigenvalue weighted by atomic mass is 16.2. The molecule has 2 N–H and O–H groups in total. The van der Waals surface area contributed by atoms with Crippen molar-refractivity contribution < 1.29 is 14.4 Å². The molecule has 6 nitrogen and oxygen atoms in total. The van der Waals surface area contributed by atoms with Crippen molar-refractivity contribution in [3.8, 4) is 0 Å². The molecule has 1 saturated heterocycles. The van der Waals surface area contributed by atoms with E-state index in [9.17, 15) is 14.4 Å². The zero-order valence-electron chi connectivity index (χ0n) is 11.3. The molecule has 0 aromatic rings. The lowest BCUT2D eigenvalue weighted by Crippen LogP contribution is -2.59. The molecule has 1 fully saturated rings. The van der Waals surface area contributed by atoms with Crippen LogP contribution in [0.2, 0.25) is 0 Å². The fourth-order valence-corrected chi connectivity index (χ4v) is 1.56. The molecular weight excluding hydrogens is 234 g/mol. The zero-order valence-corrected chi connectivity index (χ0v) is 11.3. The van der Waals surface area contributed by atoms with E-state index in [4.69, 9.17) is 0 Å². The van der Waals surface area contributed by atoms with Crippen molar-refractivity contribution in [3.05, 3.63) is 0 Å². The van der Waals surface area contributed by atoms with Crippen LogP contribution in [0.25, 0.3) is 0 Å². The molecule has 1 aliphatic heterocycles. The Morgan fingerprint density at radius 2 is 2.06 bits per heavy atom. The summed E-state index contributed by atoms with van der Waals surface area (Å²) in [7, 11) is 0. The minimum absolute atomic E-state index is 0.0167. The van der Waals surface area contributed by atoms with Crippen LogP contribution in [0.5, 0.6) is 0 Å². The third-order valence-electron chi connectivity index (χ3n) is 3.19. The predicted molar refractivity (Wildman–Crippen MR) is 66.6 cm³/mol. The highest BCUT2D eigenvalue weighted by Crippen LogP contribution is 2.03. The van der Waals surface area contributed by atoms with E-state index in [1.165, 1.54) is 0 Å². The molecule has 1 heterocycles. The highest BCUT2D eigenvalue weighted by Gasteiger charge is 2.32. The minimum Gasteiger partial charge on any atom is -0.352 e. The summed E-state index contributed by atoms with van der Waals surface area (Å²) in [6.45, 7) is 7.46. The topological polar surface area (TPSA) is 78.5 Å². The predicted octanol–water partition coefficient (Wildman–Crippen LogP) is -0.506. The van der Waals surface area contributed by atoms with Crippen LogP contribution in [0.4, 0.5) is 0 Å². The molecule has 0 saturated carbocycles. The number of hydrogen-bond acceptors (Lipinski definition) is 4. The van der Waals surface area contributed by atoms with Crippen LogP contribution in [0.15, 0.2) is 0 Å². The molecule has 0 radical (unpaired) electrons. The second-order valence-electron chi connectivity index (χ2n) is 5.02. The van der Waals surface area contributed by atoms with Gasteiger partial charge in [-0.05, 0) is 19.8 Å². The molecule has 1 aliphatic rings. The third kappa shape index (κ3) is 3.53. The maximum Gasteiger partial charge on any atom is 0.246 e. The van der Waals surface area contributed by atoms with Crippen molar-refractivity contribution in [2.45, 2.75) is 39.8 Å². The first-order valence-electron chi connectivity index (χ1n) is 6.20. The largest absolute Gasteiger partial charge is 0.352 e. The number of amides is 3. The lowest BCUT2D eigenvalue weighted by molar-refractivity contribution is -0.151. The van der Waals surface area contributed by atoms with Crippen molar-refractivity contribution in [2.75, 3.05) is 13.1 Å². The first kappa shape index (κ1) is 14.6. The average molecular weight is 255 g/mol. The van der Waals surface area contributed by atoms with Gasteiger partial charge in [-0.1, -0.05) is 13.8 Å². The van der Waals surface area contributed by atoms with Gasteiger partial charge >= 0.3 is 0 Å². The molecule has 2 atom stereocenters. The molecule has 0 aromatic heterocycles. The standard InChI is InChI=1S/C12H21N3O3/c1-7(2)8(3)14-10(16)6-15-11(17)5-13-9(4)12(15)18/h7-9,13H,5-6H2,1-4H3,(H,14,16). The summed E-state index contributed by atoms with van der Waals surface area (Å²) in [5.41, 5.74) is 0. The summed E-state index contributed by atoms with van der Waals surface area (Å²) in [6, 6.07) is -0.402. The van der Waals surface area contributed by atoms with Crippen LogP contribution < -0.4 is 10.6 Å². The van der Waals surface area contributed by atoms with E-state index in [0.717, 1.165) is 4.90 Å². The monoisotopic (exact) mass is 255 g/mol. The number of carbonyl (C=O) groups is 3. The van der Waals surface area contributed by atoms with Gasteiger partial charge in [0, 0.05) is 6.04 Å². The quantitative estimate of drug-likeness (QED) is 0.663. The van der Waals surface area contributed by atoms with Gasteiger partial charge in [-0.25, -0.2) is 0 Å². The molecular formula is C12H21N3O3. The van der Waals surface area contributed by atoms with E-state index in [-0.39, 0.29) is 36.9 Å². The molecule has 2 unspecified atom stereocenters. The molecule has 0 aliphatic carbocycles. The summed E-state index contributed by atoms with van der Waals surface area (Å²) in [4.78, 5) is 36.1. The van der Waals surface area contributed by atoms with Gasteiger partial charge in [0.1, 0.15) is 6.54 Å². The summed E-state index contributed by atoms with van der Waals surface area (Å²) < 4.78 is 0. The summed E-state index contributed by atoms with van der Waals surface area (Å²) >= 11 is 0. The number of hydrogen-bond donors (Lipinski definition) is 2. The second-order valence-corrected chi connectivity index (χ2v) is 5.02. The lowest BCUT2D eigenvalue weighted by atomic mass is 10.1. The number of carbonyl (C=O) groups excluding carboxylic acids is 3. The molecule has 18 heavy (non-hydrogen) atoms. The van der Waals surface area contributed by atoms with Gasteiger partial charge in [-0.15, -0.1) is 0 Å². The molecule has 0 aromatic carbocycles. The molecule has 0 spiro atoms. The summed E-state index contributed by atoms with van der Waals surface area (Å²) in [6.07, 6.45) is 0. The Kier molecular flexibility index (Phi) is 4.84. The van der Waals surface area contributed by atoms with Gasteiger partial charge in [0.2, 0.25) is 17.7 Å². The molecule has 3 amide bonds. The Balaban J connectivity index is 2.57.